The van der Waals surface area contributed by atoms with Gasteiger partial charge >= 0.3 is 0 Å². The van der Waals surface area contributed by atoms with Crippen molar-refractivity contribution in [3.05, 3.63) is 224 Å². The van der Waals surface area contributed by atoms with Gasteiger partial charge in [-0.05, 0) is 130 Å². The zero-order valence-electron chi connectivity index (χ0n) is 31.3. The topological polar surface area (TPSA) is 4.93 Å². The Morgan fingerprint density at radius 2 is 0.684 bits per heavy atom. The minimum atomic E-state index is 1.12. The number of fused-ring (bicyclic) bond motifs is 4. The van der Waals surface area contributed by atoms with Gasteiger partial charge in [0.05, 0.1) is 11.4 Å². The monoisotopic (exact) mass is 723 g/mol. The summed E-state index contributed by atoms with van der Waals surface area (Å²) in [7, 11) is 0. The Bertz CT molecular complexity index is 3060. The van der Waals surface area contributed by atoms with E-state index in [1.54, 1.807) is 0 Å². The number of hydrogen-bond donors (Lipinski definition) is 0. The molecule has 0 aliphatic rings. The predicted octanol–water partition coefficient (Wildman–Crippen LogP) is 15.4. The molecule has 11 aromatic rings. The fourth-order valence-electron chi connectivity index (χ4n) is 8.87. The molecule has 1 aromatic heterocycles. The van der Waals surface area contributed by atoms with E-state index in [0.29, 0.717) is 0 Å². The average molecular weight is 724 g/mol. The highest BCUT2D eigenvalue weighted by atomic mass is 15.0. The van der Waals surface area contributed by atoms with Gasteiger partial charge in [0.2, 0.25) is 0 Å². The maximum atomic E-state index is 2.41. The molecule has 0 aliphatic carbocycles. The Labute approximate surface area is 332 Å². The van der Waals surface area contributed by atoms with Crippen LogP contribution in [-0.2, 0) is 0 Å². The van der Waals surface area contributed by atoms with Gasteiger partial charge in [-0.25, -0.2) is 0 Å². The van der Waals surface area contributed by atoms with Gasteiger partial charge < -0.3 is 4.57 Å². The largest absolute Gasteiger partial charge is 0.309 e. The van der Waals surface area contributed by atoms with E-state index < -0.39 is 0 Å². The summed E-state index contributed by atoms with van der Waals surface area (Å²) in [4.78, 5) is 0. The molecule has 0 radical (unpaired) electrons. The van der Waals surface area contributed by atoms with E-state index in [1.807, 2.05) is 0 Å². The lowest BCUT2D eigenvalue weighted by Crippen LogP contribution is -1.99. The molecular formula is C56H37N. The molecule has 0 aliphatic heterocycles. The zero-order valence-corrected chi connectivity index (χ0v) is 31.3. The first-order chi connectivity index (χ1) is 28.3. The predicted molar refractivity (Wildman–Crippen MR) is 243 cm³/mol. The minimum Gasteiger partial charge on any atom is -0.309 e. The van der Waals surface area contributed by atoms with E-state index in [2.05, 4.69) is 229 Å². The SMILES string of the molecule is c1ccc(-c2ccc(-c3ccccc3)n2-c2ccc(-c3c4cc(-c5cccc6ccccc56)ccc4cc4ccc(-c5cccc6ccccc56)cc34)cc2)cc1. The molecule has 1 nitrogen and oxygen atoms in total. The van der Waals surface area contributed by atoms with Gasteiger partial charge in [-0.1, -0.05) is 182 Å². The Kier molecular flexibility index (Phi) is 7.89. The van der Waals surface area contributed by atoms with Crippen molar-refractivity contribution in [1.29, 1.82) is 0 Å². The molecule has 0 amide bonds. The molecule has 0 fully saturated rings. The first kappa shape index (κ1) is 32.9. The lowest BCUT2D eigenvalue weighted by molar-refractivity contribution is 1.10. The van der Waals surface area contributed by atoms with E-state index in [-0.39, 0.29) is 0 Å². The van der Waals surface area contributed by atoms with Crippen LogP contribution in [0.25, 0.3) is 105 Å². The van der Waals surface area contributed by atoms with Crippen molar-refractivity contribution in [3.63, 3.8) is 0 Å². The first-order valence-electron chi connectivity index (χ1n) is 19.7. The maximum Gasteiger partial charge on any atom is 0.0535 e. The molecule has 0 saturated heterocycles. The number of benzene rings is 10. The molecule has 0 saturated carbocycles. The van der Waals surface area contributed by atoms with Gasteiger partial charge in [-0.15, -0.1) is 0 Å². The molecule has 0 bridgehead atoms. The third-order valence-corrected chi connectivity index (χ3v) is 11.6. The summed E-state index contributed by atoms with van der Waals surface area (Å²) in [5, 5.41) is 9.97. The minimum absolute atomic E-state index is 1.12. The molecular weight excluding hydrogens is 687 g/mol. The van der Waals surface area contributed by atoms with E-state index in [4.69, 9.17) is 0 Å². The van der Waals surface area contributed by atoms with Crippen LogP contribution in [0.5, 0.6) is 0 Å². The molecule has 11 rings (SSSR count). The number of rotatable bonds is 6. The van der Waals surface area contributed by atoms with Crippen LogP contribution in [0.4, 0.5) is 0 Å². The summed E-state index contributed by atoms with van der Waals surface area (Å²) in [5.74, 6) is 0. The van der Waals surface area contributed by atoms with Crippen LogP contribution in [0, 0.1) is 0 Å². The van der Waals surface area contributed by atoms with Gasteiger partial charge in [-0.2, -0.15) is 0 Å². The van der Waals surface area contributed by atoms with Gasteiger partial charge in [-0.3, -0.25) is 0 Å². The molecule has 266 valence electrons. The molecule has 0 spiro atoms. The molecule has 0 N–H and O–H groups in total. The maximum absolute atomic E-state index is 2.41. The van der Waals surface area contributed by atoms with Crippen LogP contribution >= 0.6 is 0 Å². The van der Waals surface area contributed by atoms with Crippen LogP contribution in [-0.4, -0.2) is 4.57 Å². The molecule has 57 heavy (non-hydrogen) atoms. The Hall–Kier alpha value is -7.48. The summed E-state index contributed by atoms with van der Waals surface area (Å²) in [6.45, 7) is 0. The molecule has 1 heterocycles. The highest BCUT2D eigenvalue weighted by Crippen LogP contribution is 2.42. The van der Waals surface area contributed by atoms with Gasteiger partial charge in [0, 0.05) is 5.69 Å². The average Bonchev–Trinajstić information content (AvgIpc) is 3.74. The summed E-state index contributed by atoms with van der Waals surface area (Å²) in [6.07, 6.45) is 0. The number of aromatic nitrogens is 1. The second-order valence-corrected chi connectivity index (χ2v) is 14.9. The Balaban J connectivity index is 1.15. The molecule has 10 aromatic carbocycles. The molecule has 0 atom stereocenters. The Morgan fingerprint density at radius 3 is 1.19 bits per heavy atom. The van der Waals surface area contributed by atoms with Gasteiger partial charge in [0.1, 0.15) is 0 Å². The lowest BCUT2D eigenvalue weighted by Gasteiger charge is -2.18. The fourth-order valence-corrected chi connectivity index (χ4v) is 8.87. The summed E-state index contributed by atoms with van der Waals surface area (Å²) in [6, 6.07) is 82.1. The van der Waals surface area contributed by atoms with Crippen molar-refractivity contribution in [2.75, 3.05) is 0 Å². The summed E-state index contributed by atoms with van der Waals surface area (Å²) < 4.78 is 2.40. The van der Waals surface area contributed by atoms with Crippen molar-refractivity contribution in [2.24, 2.45) is 0 Å². The molecule has 1 heteroatoms. The highest BCUT2D eigenvalue weighted by molar-refractivity contribution is 6.15. The fraction of sp³-hybridized carbons (Fsp3) is 0. The van der Waals surface area contributed by atoms with Crippen molar-refractivity contribution < 1.29 is 0 Å². The van der Waals surface area contributed by atoms with Crippen LogP contribution in [0.3, 0.4) is 0 Å². The normalized spacial score (nSPS) is 11.5. The van der Waals surface area contributed by atoms with Crippen LogP contribution in [0.15, 0.2) is 224 Å². The Morgan fingerprint density at radius 1 is 0.246 bits per heavy atom. The second kappa shape index (κ2) is 13.7. The quantitative estimate of drug-likeness (QED) is 0.151. The number of nitrogens with zero attached hydrogens (tertiary/aromatic N) is 1. The standard InChI is InChI=1S/C56H37N/c1-3-15-40(16-4-1)54-33-34-55(41-17-5-2-6-18-41)57(54)47-31-29-42(30-32-47)56-52-36-45(50-23-11-19-38-13-7-9-21-48(38)50)27-25-43(52)35-44-26-28-46(37-53(44)56)51-24-12-20-39-14-8-10-22-49(39)51/h1-37H. The smallest absolute Gasteiger partial charge is 0.0535 e. The van der Waals surface area contributed by atoms with Crippen molar-refractivity contribution in [1.82, 2.24) is 4.57 Å². The van der Waals surface area contributed by atoms with Gasteiger partial charge in [0.15, 0.2) is 0 Å². The van der Waals surface area contributed by atoms with E-state index in [0.717, 1.165) is 17.1 Å². The third kappa shape index (κ3) is 5.72. The van der Waals surface area contributed by atoms with E-state index >= 15 is 0 Å². The van der Waals surface area contributed by atoms with Crippen LogP contribution in [0.1, 0.15) is 0 Å². The van der Waals surface area contributed by atoms with E-state index in [9.17, 15) is 0 Å². The molecule has 0 unspecified atom stereocenters. The highest BCUT2D eigenvalue weighted by Gasteiger charge is 2.17. The van der Waals surface area contributed by atoms with Crippen molar-refractivity contribution in [3.8, 4) is 61.6 Å². The van der Waals surface area contributed by atoms with Crippen LogP contribution < -0.4 is 0 Å². The first-order valence-corrected chi connectivity index (χ1v) is 19.7. The van der Waals surface area contributed by atoms with E-state index in [1.165, 1.54) is 87.6 Å². The summed E-state index contributed by atoms with van der Waals surface area (Å²) in [5.41, 5.74) is 13.2. The van der Waals surface area contributed by atoms with Crippen molar-refractivity contribution >= 4 is 43.1 Å². The third-order valence-electron chi connectivity index (χ3n) is 11.6. The van der Waals surface area contributed by atoms with Crippen molar-refractivity contribution in [2.45, 2.75) is 0 Å². The zero-order chi connectivity index (χ0) is 37.7. The second-order valence-electron chi connectivity index (χ2n) is 14.9. The number of hydrogen-bond acceptors (Lipinski definition) is 0. The van der Waals surface area contributed by atoms with Crippen LogP contribution in [0.2, 0.25) is 0 Å². The lowest BCUT2D eigenvalue weighted by atomic mass is 9.87. The van der Waals surface area contributed by atoms with Gasteiger partial charge in [0.25, 0.3) is 0 Å². The summed E-state index contributed by atoms with van der Waals surface area (Å²) >= 11 is 0.